The summed E-state index contributed by atoms with van der Waals surface area (Å²) in [7, 11) is 0. The van der Waals surface area contributed by atoms with Crippen molar-refractivity contribution in [3.05, 3.63) is 90.5 Å². The zero-order chi connectivity index (χ0) is 25.0. The maximum atomic E-state index is 13.4. The summed E-state index contributed by atoms with van der Waals surface area (Å²) in [4.78, 5) is 42.3. The molecule has 0 saturated carbocycles. The number of carbonyl (C=O) groups is 3. The molecule has 1 heterocycles. The largest absolute Gasteiger partial charge is 0.356 e. The predicted octanol–water partition coefficient (Wildman–Crippen LogP) is 5.03. The number of hydrogen-bond donors (Lipinski definition) is 2. The fourth-order valence-corrected chi connectivity index (χ4v) is 4.47. The number of nitrogens with one attached hydrogen (secondary N) is 2. The third kappa shape index (κ3) is 4.75. The third-order valence-corrected chi connectivity index (χ3v) is 6.26. The van der Waals surface area contributed by atoms with Crippen LogP contribution in [0, 0.1) is 0 Å². The van der Waals surface area contributed by atoms with Crippen LogP contribution in [0.15, 0.2) is 84.9 Å². The number of hydrogen-bond acceptors (Lipinski definition) is 4. The number of para-hydroxylation sites is 1. The second-order valence-electron chi connectivity index (χ2n) is 8.84. The van der Waals surface area contributed by atoms with Crippen molar-refractivity contribution in [3.8, 4) is 0 Å². The molecule has 4 rings (SSSR count). The first-order chi connectivity index (χ1) is 16.9. The Morgan fingerprint density at radius 3 is 2.06 bits per heavy atom. The summed E-state index contributed by atoms with van der Waals surface area (Å²) in [5.74, 6) is -0.733. The van der Waals surface area contributed by atoms with E-state index < -0.39 is 17.5 Å². The van der Waals surface area contributed by atoms with E-state index in [-0.39, 0.29) is 18.5 Å². The highest BCUT2D eigenvalue weighted by Gasteiger charge is 2.51. The first kappa shape index (κ1) is 24.0. The van der Waals surface area contributed by atoms with Crippen LogP contribution in [0.25, 0.3) is 0 Å². The fourth-order valence-electron chi connectivity index (χ4n) is 4.47. The van der Waals surface area contributed by atoms with Crippen molar-refractivity contribution in [1.29, 1.82) is 0 Å². The van der Waals surface area contributed by atoms with Crippen LogP contribution >= 0.6 is 0 Å². The van der Waals surface area contributed by atoms with Gasteiger partial charge in [0, 0.05) is 23.1 Å². The standard InChI is InChI=1S/C28H30N4O3/c1-4-28(21-11-7-5-8-12-21)26(34)31(27(35)30-28)19-25(33)32(20(2)3)24-17-15-23(16-18-24)29-22-13-9-6-10-14-22/h5-18,20,29H,4,19H2,1-3H3,(H,30,35). The van der Waals surface area contributed by atoms with Crippen molar-refractivity contribution < 1.29 is 14.4 Å². The normalized spacial score (nSPS) is 17.4. The smallest absolute Gasteiger partial charge is 0.325 e. The maximum absolute atomic E-state index is 13.4. The molecule has 1 fully saturated rings. The average molecular weight is 471 g/mol. The summed E-state index contributed by atoms with van der Waals surface area (Å²) in [6.45, 7) is 5.32. The molecule has 4 amide bonds. The quantitative estimate of drug-likeness (QED) is 0.453. The van der Waals surface area contributed by atoms with Gasteiger partial charge in [-0.3, -0.25) is 14.5 Å². The van der Waals surface area contributed by atoms with Gasteiger partial charge in [0.15, 0.2) is 0 Å². The van der Waals surface area contributed by atoms with Crippen LogP contribution in [-0.2, 0) is 15.1 Å². The Hall–Kier alpha value is -4.13. The summed E-state index contributed by atoms with van der Waals surface area (Å²) in [6, 6.07) is 25.8. The molecule has 3 aromatic rings. The van der Waals surface area contributed by atoms with E-state index in [1.807, 2.05) is 106 Å². The lowest BCUT2D eigenvalue weighted by atomic mass is 9.87. The van der Waals surface area contributed by atoms with Gasteiger partial charge in [-0.2, -0.15) is 0 Å². The van der Waals surface area contributed by atoms with Gasteiger partial charge in [-0.15, -0.1) is 0 Å². The summed E-state index contributed by atoms with van der Waals surface area (Å²) in [5.41, 5.74) is 2.10. The zero-order valence-corrected chi connectivity index (χ0v) is 20.2. The molecule has 180 valence electrons. The number of imide groups is 1. The van der Waals surface area contributed by atoms with Crippen LogP contribution in [0.4, 0.5) is 21.9 Å². The Morgan fingerprint density at radius 1 is 0.914 bits per heavy atom. The Kier molecular flexibility index (Phi) is 6.87. The molecule has 1 aliphatic heterocycles. The minimum atomic E-state index is -1.16. The van der Waals surface area contributed by atoms with Crippen molar-refractivity contribution in [2.45, 2.75) is 38.8 Å². The molecular weight excluding hydrogens is 440 g/mol. The molecule has 7 nitrogen and oxygen atoms in total. The van der Waals surface area contributed by atoms with E-state index in [0.717, 1.165) is 16.3 Å². The number of amides is 4. The van der Waals surface area contributed by atoms with Crippen LogP contribution in [0.3, 0.4) is 0 Å². The molecule has 0 spiro atoms. The van der Waals surface area contributed by atoms with E-state index in [0.29, 0.717) is 17.7 Å². The molecular formula is C28H30N4O3. The van der Waals surface area contributed by atoms with Gasteiger partial charge in [-0.05, 0) is 62.2 Å². The van der Waals surface area contributed by atoms with Crippen molar-refractivity contribution in [3.63, 3.8) is 0 Å². The molecule has 2 N–H and O–H groups in total. The van der Waals surface area contributed by atoms with Crippen LogP contribution in [0.5, 0.6) is 0 Å². The minimum absolute atomic E-state index is 0.166. The Labute approximate surface area is 205 Å². The minimum Gasteiger partial charge on any atom is -0.356 e. The molecule has 35 heavy (non-hydrogen) atoms. The number of carbonyl (C=O) groups excluding carboxylic acids is 3. The van der Waals surface area contributed by atoms with E-state index >= 15 is 0 Å². The van der Waals surface area contributed by atoms with Gasteiger partial charge >= 0.3 is 6.03 Å². The predicted molar refractivity (Wildman–Crippen MR) is 137 cm³/mol. The molecule has 0 aromatic heterocycles. The lowest BCUT2D eigenvalue weighted by molar-refractivity contribution is -0.134. The highest BCUT2D eigenvalue weighted by Crippen LogP contribution is 2.32. The first-order valence-corrected chi connectivity index (χ1v) is 11.8. The van der Waals surface area contributed by atoms with Crippen molar-refractivity contribution >= 4 is 34.9 Å². The number of rotatable bonds is 8. The molecule has 1 atom stereocenters. The average Bonchev–Trinajstić information content (AvgIpc) is 3.11. The second kappa shape index (κ2) is 10.0. The number of anilines is 3. The third-order valence-electron chi connectivity index (χ3n) is 6.26. The summed E-state index contributed by atoms with van der Waals surface area (Å²) < 4.78 is 0. The van der Waals surface area contributed by atoms with Crippen LogP contribution < -0.4 is 15.5 Å². The number of benzene rings is 3. The number of urea groups is 1. The lowest BCUT2D eigenvalue weighted by Crippen LogP contribution is -2.47. The van der Waals surface area contributed by atoms with Gasteiger partial charge in [0.1, 0.15) is 12.1 Å². The molecule has 1 aliphatic rings. The monoisotopic (exact) mass is 470 g/mol. The van der Waals surface area contributed by atoms with E-state index in [1.54, 1.807) is 4.90 Å². The fraction of sp³-hybridized carbons (Fsp3) is 0.250. The van der Waals surface area contributed by atoms with E-state index in [4.69, 9.17) is 0 Å². The second-order valence-corrected chi connectivity index (χ2v) is 8.84. The molecule has 0 radical (unpaired) electrons. The SMILES string of the molecule is CCC1(c2ccccc2)NC(=O)N(CC(=O)N(c2ccc(Nc3ccccc3)cc2)C(C)C)C1=O. The van der Waals surface area contributed by atoms with Gasteiger partial charge in [0.2, 0.25) is 5.91 Å². The van der Waals surface area contributed by atoms with E-state index in [2.05, 4.69) is 10.6 Å². The highest BCUT2D eigenvalue weighted by atomic mass is 16.2. The Balaban J connectivity index is 1.52. The van der Waals surface area contributed by atoms with Crippen LogP contribution in [0.2, 0.25) is 0 Å². The van der Waals surface area contributed by atoms with Crippen molar-refractivity contribution in [1.82, 2.24) is 10.2 Å². The van der Waals surface area contributed by atoms with Gasteiger partial charge < -0.3 is 15.5 Å². The zero-order valence-electron chi connectivity index (χ0n) is 20.2. The Morgan fingerprint density at radius 2 is 1.49 bits per heavy atom. The summed E-state index contributed by atoms with van der Waals surface area (Å²) >= 11 is 0. The molecule has 0 bridgehead atoms. The van der Waals surface area contributed by atoms with Crippen LogP contribution in [0.1, 0.15) is 32.8 Å². The summed E-state index contributed by atoms with van der Waals surface area (Å²) in [6.07, 6.45) is 0.385. The van der Waals surface area contributed by atoms with Crippen molar-refractivity contribution in [2.75, 3.05) is 16.8 Å². The number of nitrogens with zero attached hydrogens (tertiary/aromatic N) is 2. The molecule has 1 unspecified atom stereocenters. The van der Waals surface area contributed by atoms with E-state index in [9.17, 15) is 14.4 Å². The molecule has 0 aliphatic carbocycles. The Bertz CT molecular complexity index is 1200. The molecule has 3 aromatic carbocycles. The van der Waals surface area contributed by atoms with Crippen LogP contribution in [-0.4, -0.2) is 35.3 Å². The van der Waals surface area contributed by atoms with Crippen molar-refractivity contribution in [2.24, 2.45) is 0 Å². The maximum Gasteiger partial charge on any atom is 0.325 e. The highest BCUT2D eigenvalue weighted by molar-refractivity contribution is 6.10. The topological polar surface area (TPSA) is 81.8 Å². The van der Waals surface area contributed by atoms with Gasteiger partial charge in [-0.1, -0.05) is 55.5 Å². The molecule has 1 saturated heterocycles. The first-order valence-electron chi connectivity index (χ1n) is 11.8. The van der Waals surface area contributed by atoms with Gasteiger partial charge in [0.25, 0.3) is 5.91 Å². The summed E-state index contributed by atoms with van der Waals surface area (Å²) in [5, 5.41) is 6.16. The molecule has 7 heteroatoms. The lowest BCUT2D eigenvalue weighted by Gasteiger charge is -2.29. The van der Waals surface area contributed by atoms with E-state index in [1.165, 1.54) is 0 Å². The van der Waals surface area contributed by atoms with Gasteiger partial charge in [0.05, 0.1) is 0 Å². The van der Waals surface area contributed by atoms with Gasteiger partial charge in [-0.25, -0.2) is 4.79 Å².